The molecule has 0 aliphatic rings. The van der Waals surface area contributed by atoms with Gasteiger partial charge in [-0.05, 0) is 65.6 Å². The highest BCUT2D eigenvalue weighted by Gasteiger charge is 2.29. The first-order valence-corrected chi connectivity index (χ1v) is 8.16. The van der Waals surface area contributed by atoms with Gasteiger partial charge in [-0.25, -0.2) is 0 Å². The van der Waals surface area contributed by atoms with Crippen LogP contribution in [-0.2, 0) is 4.79 Å². The van der Waals surface area contributed by atoms with Crippen LogP contribution in [0.1, 0.15) is 66.2 Å². The molecule has 0 aliphatic carbocycles. The van der Waals surface area contributed by atoms with Crippen molar-refractivity contribution in [3.05, 3.63) is 0 Å². The van der Waals surface area contributed by atoms with Gasteiger partial charge in [0.05, 0.1) is 5.54 Å². The van der Waals surface area contributed by atoms with E-state index in [0.717, 1.165) is 38.8 Å². The van der Waals surface area contributed by atoms with Crippen molar-refractivity contribution in [3.8, 4) is 0 Å². The van der Waals surface area contributed by atoms with Crippen molar-refractivity contribution in [2.24, 2.45) is 5.73 Å². The zero-order valence-electron chi connectivity index (χ0n) is 14.2. The highest BCUT2D eigenvalue weighted by atomic mass is 16.1. The van der Waals surface area contributed by atoms with Crippen molar-refractivity contribution in [3.63, 3.8) is 0 Å². The lowest BCUT2D eigenvalue weighted by Crippen LogP contribution is -2.53. The summed E-state index contributed by atoms with van der Waals surface area (Å²) in [6.45, 7) is 10.4. The Morgan fingerprint density at radius 3 is 2.30 bits per heavy atom. The lowest BCUT2D eigenvalue weighted by atomic mass is 9.93. The number of nitrogens with one attached hydrogen (secondary N) is 1. The number of nitrogens with zero attached hydrogens (tertiary/aromatic N) is 1. The van der Waals surface area contributed by atoms with Gasteiger partial charge in [-0.1, -0.05) is 20.8 Å². The summed E-state index contributed by atoms with van der Waals surface area (Å²) in [7, 11) is 2.19. The van der Waals surface area contributed by atoms with E-state index < -0.39 is 5.54 Å². The van der Waals surface area contributed by atoms with Crippen molar-refractivity contribution in [1.29, 1.82) is 0 Å². The van der Waals surface area contributed by atoms with Crippen LogP contribution in [0.15, 0.2) is 0 Å². The molecule has 0 saturated heterocycles. The first-order chi connectivity index (χ1) is 9.41. The summed E-state index contributed by atoms with van der Waals surface area (Å²) in [6.07, 6.45) is 6.37. The Balaban J connectivity index is 4.09. The predicted molar refractivity (Wildman–Crippen MR) is 86.7 cm³/mol. The molecule has 4 heteroatoms. The van der Waals surface area contributed by atoms with Crippen LogP contribution in [0, 0.1) is 0 Å². The van der Waals surface area contributed by atoms with Crippen LogP contribution < -0.4 is 11.1 Å². The maximum Gasteiger partial charge on any atom is 0.237 e. The molecule has 4 nitrogen and oxygen atoms in total. The molecule has 0 bridgehead atoms. The molecule has 3 N–H and O–H groups in total. The Morgan fingerprint density at radius 1 is 1.25 bits per heavy atom. The monoisotopic (exact) mass is 285 g/mol. The van der Waals surface area contributed by atoms with Crippen LogP contribution in [0.4, 0.5) is 0 Å². The van der Waals surface area contributed by atoms with Crippen LogP contribution >= 0.6 is 0 Å². The zero-order chi connectivity index (χ0) is 15.6. The number of carbonyl (C=O) groups is 1. The topological polar surface area (TPSA) is 58.4 Å². The van der Waals surface area contributed by atoms with Crippen LogP contribution in [0.3, 0.4) is 0 Å². The summed E-state index contributed by atoms with van der Waals surface area (Å²) in [6, 6.07) is 0.677. The van der Waals surface area contributed by atoms with Crippen molar-refractivity contribution >= 4 is 5.91 Å². The second-order valence-electron chi connectivity index (χ2n) is 6.03. The number of rotatable bonds is 12. The van der Waals surface area contributed by atoms with Gasteiger partial charge >= 0.3 is 0 Å². The SMILES string of the molecule is CCCNC(C)(CCCCN(C)C(CC)CC)C(N)=O. The quantitative estimate of drug-likeness (QED) is 0.542. The molecule has 0 aromatic heterocycles. The molecule has 0 saturated carbocycles. The Hall–Kier alpha value is -0.610. The molecular formula is C16H35N3O. The summed E-state index contributed by atoms with van der Waals surface area (Å²) < 4.78 is 0. The van der Waals surface area contributed by atoms with E-state index in [4.69, 9.17) is 5.73 Å². The maximum absolute atomic E-state index is 11.6. The van der Waals surface area contributed by atoms with E-state index in [2.05, 4.69) is 38.0 Å². The van der Waals surface area contributed by atoms with Gasteiger partial charge in [0, 0.05) is 6.04 Å². The minimum atomic E-state index is -0.552. The summed E-state index contributed by atoms with van der Waals surface area (Å²) in [5.74, 6) is -0.237. The van der Waals surface area contributed by atoms with Crippen molar-refractivity contribution in [1.82, 2.24) is 10.2 Å². The standard InChI is InChI=1S/C16H35N3O/c1-6-12-18-16(4,15(17)20)11-9-10-13-19(5)14(7-2)8-3/h14,18H,6-13H2,1-5H3,(H2,17,20). The second kappa shape index (κ2) is 10.2. The fraction of sp³-hybridized carbons (Fsp3) is 0.938. The van der Waals surface area contributed by atoms with Gasteiger partial charge in [-0.15, -0.1) is 0 Å². The normalized spacial score (nSPS) is 14.8. The summed E-state index contributed by atoms with van der Waals surface area (Å²) >= 11 is 0. The Morgan fingerprint density at radius 2 is 1.85 bits per heavy atom. The number of unbranched alkanes of at least 4 members (excludes halogenated alkanes) is 1. The fourth-order valence-electron chi connectivity index (χ4n) is 2.63. The number of hydrogen-bond donors (Lipinski definition) is 2. The molecule has 0 spiro atoms. The van der Waals surface area contributed by atoms with Gasteiger partial charge < -0.3 is 16.0 Å². The van der Waals surface area contributed by atoms with E-state index in [-0.39, 0.29) is 5.91 Å². The first kappa shape index (κ1) is 19.4. The molecule has 1 unspecified atom stereocenters. The molecule has 1 amide bonds. The molecular weight excluding hydrogens is 250 g/mol. The van der Waals surface area contributed by atoms with Gasteiger partial charge in [-0.3, -0.25) is 4.79 Å². The number of primary amides is 1. The van der Waals surface area contributed by atoms with Gasteiger partial charge in [-0.2, -0.15) is 0 Å². The molecule has 0 heterocycles. The molecule has 0 aliphatic heterocycles. The molecule has 0 radical (unpaired) electrons. The first-order valence-electron chi connectivity index (χ1n) is 8.16. The van der Waals surface area contributed by atoms with E-state index >= 15 is 0 Å². The van der Waals surface area contributed by atoms with E-state index in [1.807, 2.05) is 6.92 Å². The van der Waals surface area contributed by atoms with Gasteiger partial charge in [0.1, 0.15) is 0 Å². The third kappa shape index (κ3) is 6.71. The minimum Gasteiger partial charge on any atom is -0.368 e. The highest BCUT2D eigenvalue weighted by Crippen LogP contribution is 2.15. The molecule has 0 rings (SSSR count). The Labute approximate surface area is 125 Å². The summed E-state index contributed by atoms with van der Waals surface area (Å²) in [4.78, 5) is 14.0. The predicted octanol–water partition coefficient (Wildman–Crippen LogP) is 2.52. The largest absolute Gasteiger partial charge is 0.368 e. The number of amides is 1. The average Bonchev–Trinajstić information content (AvgIpc) is 2.42. The van der Waals surface area contributed by atoms with Crippen LogP contribution in [0.2, 0.25) is 0 Å². The Kier molecular flexibility index (Phi) is 9.86. The lowest BCUT2D eigenvalue weighted by Gasteiger charge is -2.29. The molecule has 0 aromatic rings. The van der Waals surface area contributed by atoms with Crippen molar-refractivity contribution < 1.29 is 4.79 Å². The van der Waals surface area contributed by atoms with E-state index in [1.165, 1.54) is 12.8 Å². The second-order valence-corrected chi connectivity index (χ2v) is 6.03. The number of hydrogen-bond acceptors (Lipinski definition) is 3. The molecule has 0 aromatic carbocycles. The minimum absolute atomic E-state index is 0.237. The molecule has 0 fully saturated rings. The summed E-state index contributed by atoms with van der Waals surface area (Å²) in [5.41, 5.74) is 4.98. The fourth-order valence-corrected chi connectivity index (χ4v) is 2.63. The van der Waals surface area contributed by atoms with Gasteiger partial charge in [0.25, 0.3) is 0 Å². The molecule has 1 atom stereocenters. The third-order valence-corrected chi connectivity index (χ3v) is 4.31. The Bertz CT molecular complexity index is 266. The maximum atomic E-state index is 11.6. The van der Waals surface area contributed by atoms with Gasteiger partial charge in [0.15, 0.2) is 0 Å². The third-order valence-electron chi connectivity index (χ3n) is 4.31. The van der Waals surface area contributed by atoms with Crippen molar-refractivity contribution in [2.75, 3.05) is 20.1 Å². The van der Waals surface area contributed by atoms with E-state index in [9.17, 15) is 4.79 Å². The summed E-state index contributed by atoms with van der Waals surface area (Å²) in [5, 5.41) is 3.29. The molecule has 20 heavy (non-hydrogen) atoms. The van der Waals surface area contributed by atoms with Crippen LogP contribution in [0.25, 0.3) is 0 Å². The number of carbonyl (C=O) groups excluding carboxylic acids is 1. The molecule has 120 valence electrons. The average molecular weight is 285 g/mol. The van der Waals surface area contributed by atoms with E-state index in [1.54, 1.807) is 0 Å². The van der Waals surface area contributed by atoms with Gasteiger partial charge in [0.2, 0.25) is 5.91 Å². The number of nitrogens with two attached hydrogens (primary N) is 1. The zero-order valence-corrected chi connectivity index (χ0v) is 14.2. The van der Waals surface area contributed by atoms with E-state index in [0.29, 0.717) is 6.04 Å². The van der Waals surface area contributed by atoms with Crippen LogP contribution in [-0.4, -0.2) is 42.5 Å². The smallest absolute Gasteiger partial charge is 0.237 e. The van der Waals surface area contributed by atoms with Crippen LogP contribution in [0.5, 0.6) is 0 Å². The van der Waals surface area contributed by atoms with Crippen molar-refractivity contribution in [2.45, 2.75) is 77.8 Å². The lowest BCUT2D eigenvalue weighted by molar-refractivity contribution is -0.124. The highest BCUT2D eigenvalue weighted by molar-refractivity contribution is 5.84.